The van der Waals surface area contributed by atoms with Gasteiger partial charge in [-0.1, -0.05) is 25.1 Å². The first-order chi connectivity index (χ1) is 12.0. The molecule has 3 N–H and O–H groups in total. The summed E-state index contributed by atoms with van der Waals surface area (Å²) in [6.45, 7) is 4.63. The molecule has 0 bridgehead atoms. The Balaban J connectivity index is 1.57. The minimum atomic E-state index is -0.0757. The molecule has 25 heavy (non-hydrogen) atoms. The average Bonchev–Trinajstić information content (AvgIpc) is 3.30. The highest BCUT2D eigenvalue weighted by Crippen LogP contribution is 2.29. The average molecular weight is 357 g/mol. The van der Waals surface area contributed by atoms with E-state index < -0.39 is 0 Å². The van der Waals surface area contributed by atoms with Gasteiger partial charge in [0, 0.05) is 25.2 Å². The number of nitrogens with zero attached hydrogens (tertiary/aromatic N) is 1. The molecule has 0 saturated carbocycles. The third kappa shape index (κ3) is 4.08. The van der Waals surface area contributed by atoms with Gasteiger partial charge in [-0.3, -0.25) is 9.59 Å². The van der Waals surface area contributed by atoms with Gasteiger partial charge in [-0.2, -0.15) is 0 Å². The molecule has 2 aromatic rings. The van der Waals surface area contributed by atoms with Crippen LogP contribution in [0, 0.1) is 5.41 Å². The number of hydrogen-bond donors (Lipinski definition) is 2. The lowest BCUT2D eigenvalue weighted by Gasteiger charge is -2.22. The Bertz CT molecular complexity index is 743. The van der Waals surface area contributed by atoms with E-state index in [1.807, 2.05) is 40.6 Å². The van der Waals surface area contributed by atoms with Crippen LogP contribution in [-0.4, -0.2) is 36.3 Å². The minimum Gasteiger partial charge on any atom is -0.347 e. The summed E-state index contributed by atoms with van der Waals surface area (Å²) in [7, 11) is 0. The molecule has 1 saturated heterocycles. The predicted octanol–water partition coefficient (Wildman–Crippen LogP) is 2.49. The summed E-state index contributed by atoms with van der Waals surface area (Å²) in [4.78, 5) is 27.1. The van der Waals surface area contributed by atoms with Crippen molar-refractivity contribution in [2.75, 3.05) is 19.6 Å². The largest absolute Gasteiger partial charge is 0.347 e. The highest BCUT2D eigenvalue weighted by molar-refractivity contribution is 7.12. The van der Waals surface area contributed by atoms with Crippen LogP contribution < -0.4 is 11.1 Å². The van der Waals surface area contributed by atoms with Crippen LogP contribution in [0.4, 0.5) is 0 Å². The molecule has 1 atom stereocenters. The number of carbonyl (C=O) groups is 2. The molecule has 2 amide bonds. The molecule has 5 nitrogen and oxygen atoms in total. The van der Waals surface area contributed by atoms with E-state index in [1.165, 1.54) is 11.3 Å². The second kappa shape index (κ2) is 7.37. The Morgan fingerprint density at radius 2 is 2.04 bits per heavy atom. The van der Waals surface area contributed by atoms with E-state index in [0.29, 0.717) is 30.1 Å². The fourth-order valence-corrected chi connectivity index (χ4v) is 3.63. The third-order valence-corrected chi connectivity index (χ3v) is 5.61. The van der Waals surface area contributed by atoms with Crippen molar-refractivity contribution < 1.29 is 9.59 Å². The lowest BCUT2D eigenvalue weighted by atomic mass is 9.90. The summed E-state index contributed by atoms with van der Waals surface area (Å²) >= 11 is 1.42. The number of rotatable bonds is 5. The molecule has 0 radical (unpaired) electrons. The van der Waals surface area contributed by atoms with Crippen molar-refractivity contribution in [3.8, 4) is 0 Å². The topological polar surface area (TPSA) is 75.4 Å². The van der Waals surface area contributed by atoms with Gasteiger partial charge in [0.15, 0.2) is 0 Å². The standard InChI is InChI=1S/C19H23N3O2S/c1-19(12-20)8-9-22(13-19)18(24)15-6-4-14(5-7-15)11-21-17(23)16-3-2-10-25-16/h2-7,10H,8-9,11-13,20H2,1H3,(H,21,23). The summed E-state index contributed by atoms with van der Waals surface area (Å²) in [6.07, 6.45) is 0.947. The monoisotopic (exact) mass is 357 g/mol. The molecule has 0 aliphatic carbocycles. The number of carbonyl (C=O) groups excluding carboxylic acids is 2. The van der Waals surface area contributed by atoms with E-state index in [0.717, 1.165) is 18.5 Å². The van der Waals surface area contributed by atoms with E-state index in [2.05, 4.69) is 12.2 Å². The summed E-state index contributed by atoms with van der Waals surface area (Å²) in [6, 6.07) is 11.1. The van der Waals surface area contributed by atoms with Gasteiger partial charge in [-0.25, -0.2) is 0 Å². The second-order valence-corrected chi connectivity index (χ2v) is 7.80. The molecule has 6 heteroatoms. The van der Waals surface area contributed by atoms with E-state index in [4.69, 9.17) is 5.73 Å². The van der Waals surface area contributed by atoms with E-state index in [1.54, 1.807) is 6.07 Å². The smallest absolute Gasteiger partial charge is 0.261 e. The quantitative estimate of drug-likeness (QED) is 0.863. The molecule has 1 aromatic carbocycles. The normalized spacial score (nSPS) is 19.8. The number of nitrogens with two attached hydrogens (primary N) is 1. The molecule has 1 unspecified atom stereocenters. The van der Waals surface area contributed by atoms with Crippen molar-refractivity contribution in [1.82, 2.24) is 10.2 Å². The zero-order valence-corrected chi connectivity index (χ0v) is 15.1. The van der Waals surface area contributed by atoms with Crippen LogP contribution in [0.25, 0.3) is 0 Å². The minimum absolute atomic E-state index is 0.0294. The van der Waals surface area contributed by atoms with Crippen molar-refractivity contribution >= 4 is 23.2 Å². The first kappa shape index (κ1) is 17.6. The Labute approximate surface area is 151 Å². The second-order valence-electron chi connectivity index (χ2n) is 6.85. The van der Waals surface area contributed by atoms with Gasteiger partial charge in [-0.15, -0.1) is 11.3 Å². The summed E-state index contributed by atoms with van der Waals surface area (Å²) < 4.78 is 0. The maximum Gasteiger partial charge on any atom is 0.261 e. The number of thiophene rings is 1. The maximum atomic E-state index is 12.6. The number of nitrogens with one attached hydrogen (secondary N) is 1. The molecule has 1 aliphatic heterocycles. The lowest BCUT2D eigenvalue weighted by molar-refractivity contribution is 0.0776. The fraction of sp³-hybridized carbons (Fsp3) is 0.368. The fourth-order valence-electron chi connectivity index (χ4n) is 2.99. The van der Waals surface area contributed by atoms with Gasteiger partial charge >= 0.3 is 0 Å². The number of amides is 2. The van der Waals surface area contributed by atoms with Crippen LogP contribution in [-0.2, 0) is 6.54 Å². The van der Waals surface area contributed by atoms with Crippen LogP contribution in [0.3, 0.4) is 0 Å². The maximum absolute atomic E-state index is 12.6. The molecule has 132 valence electrons. The van der Waals surface area contributed by atoms with Crippen LogP contribution in [0.1, 0.15) is 38.9 Å². The summed E-state index contributed by atoms with van der Waals surface area (Å²) in [5, 5.41) is 4.76. The highest BCUT2D eigenvalue weighted by Gasteiger charge is 2.35. The van der Waals surface area contributed by atoms with E-state index in [9.17, 15) is 9.59 Å². The Morgan fingerprint density at radius 1 is 1.28 bits per heavy atom. The van der Waals surface area contributed by atoms with Crippen molar-refractivity contribution in [3.63, 3.8) is 0 Å². The van der Waals surface area contributed by atoms with Crippen molar-refractivity contribution in [2.45, 2.75) is 19.9 Å². The van der Waals surface area contributed by atoms with Gasteiger partial charge in [0.2, 0.25) is 0 Å². The van der Waals surface area contributed by atoms with E-state index in [-0.39, 0.29) is 17.2 Å². The molecular formula is C19H23N3O2S. The SMILES string of the molecule is CC1(CN)CCN(C(=O)c2ccc(CNC(=O)c3cccs3)cc2)C1. The molecule has 2 heterocycles. The molecule has 3 rings (SSSR count). The van der Waals surface area contributed by atoms with E-state index >= 15 is 0 Å². The number of likely N-dealkylation sites (tertiary alicyclic amines) is 1. The Hall–Kier alpha value is -2.18. The van der Waals surface area contributed by atoms with Crippen LogP contribution >= 0.6 is 11.3 Å². The Kier molecular flexibility index (Phi) is 5.20. The van der Waals surface area contributed by atoms with Gasteiger partial charge in [0.25, 0.3) is 11.8 Å². The first-order valence-corrected chi connectivity index (χ1v) is 9.29. The van der Waals surface area contributed by atoms with Gasteiger partial charge in [0.1, 0.15) is 0 Å². The van der Waals surface area contributed by atoms with Crippen molar-refractivity contribution in [2.24, 2.45) is 11.1 Å². The zero-order chi connectivity index (χ0) is 17.9. The van der Waals surface area contributed by atoms with Gasteiger partial charge in [0.05, 0.1) is 4.88 Å². The first-order valence-electron chi connectivity index (χ1n) is 8.41. The van der Waals surface area contributed by atoms with Crippen LogP contribution in [0.15, 0.2) is 41.8 Å². The predicted molar refractivity (Wildman–Crippen MR) is 99.6 cm³/mol. The van der Waals surface area contributed by atoms with Gasteiger partial charge in [-0.05, 0) is 47.5 Å². The molecule has 1 aliphatic rings. The summed E-state index contributed by atoms with van der Waals surface area (Å²) in [5.74, 6) is -0.0281. The molecule has 0 spiro atoms. The Morgan fingerprint density at radius 3 is 2.64 bits per heavy atom. The number of hydrogen-bond acceptors (Lipinski definition) is 4. The lowest BCUT2D eigenvalue weighted by Crippen LogP contribution is -2.34. The third-order valence-electron chi connectivity index (χ3n) is 4.74. The van der Waals surface area contributed by atoms with Crippen molar-refractivity contribution in [1.29, 1.82) is 0 Å². The van der Waals surface area contributed by atoms with Gasteiger partial charge < -0.3 is 16.0 Å². The van der Waals surface area contributed by atoms with Crippen LogP contribution in [0.5, 0.6) is 0 Å². The number of benzene rings is 1. The zero-order valence-electron chi connectivity index (χ0n) is 14.3. The van der Waals surface area contributed by atoms with Crippen LogP contribution in [0.2, 0.25) is 0 Å². The molecule has 1 fully saturated rings. The van der Waals surface area contributed by atoms with Crippen molar-refractivity contribution in [3.05, 3.63) is 57.8 Å². The molecule has 1 aromatic heterocycles. The molecular weight excluding hydrogens is 334 g/mol. The highest BCUT2D eigenvalue weighted by atomic mass is 32.1. The summed E-state index contributed by atoms with van der Waals surface area (Å²) in [5.41, 5.74) is 7.48.